The predicted molar refractivity (Wildman–Crippen MR) is 112 cm³/mol. The molecule has 26 heavy (non-hydrogen) atoms. The van der Waals surface area contributed by atoms with Crippen molar-refractivity contribution in [2.24, 2.45) is 0 Å². The van der Waals surface area contributed by atoms with Gasteiger partial charge in [0.25, 0.3) is 0 Å². The molecule has 2 rings (SSSR count). The highest BCUT2D eigenvalue weighted by atomic mass is 14.9. The summed E-state index contributed by atoms with van der Waals surface area (Å²) in [5.41, 5.74) is 12.7. The SMILES string of the molecule is CC(C)c1cc(CC(C)c2ncnc(N)c2C(C)C)ccc1C(C)(C)C. The van der Waals surface area contributed by atoms with Gasteiger partial charge in [0, 0.05) is 11.5 Å². The van der Waals surface area contributed by atoms with Crippen molar-refractivity contribution in [2.45, 2.75) is 85.0 Å². The lowest BCUT2D eigenvalue weighted by atomic mass is 9.79. The molecular weight excluding hydrogens is 318 g/mol. The number of rotatable bonds is 5. The molecule has 1 unspecified atom stereocenters. The Morgan fingerprint density at radius 1 is 0.962 bits per heavy atom. The highest BCUT2D eigenvalue weighted by Crippen LogP contribution is 2.34. The molecule has 2 aromatic rings. The van der Waals surface area contributed by atoms with Crippen molar-refractivity contribution >= 4 is 5.82 Å². The molecule has 3 heteroatoms. The molecule has 0 saturated carbocycles. The first-order valence-electron chi connectivity index (χ1n) is 9.75. The first kappa shape index (κ1) is 20.4. The fourth-order valence-corrected chi connectivity index (χ4v) is 3.76. The summed E-state index contributed by atoms with van der Waals surface area (Å²) < 4.78 is 0. The molecule has 0 fully saturated rings. The quantitative estimate of drug-likeness (QED) is 0.722. The van der Waals surface area contributed by atoms with Crippen LogP contribution in [0.3, 0.4) is 0 Å². The van der Waals surface area contributed by atoms with E-state index in [1.54, 1.807) is 6.33 Å². The first-order chi connectivity index (χ1) is 12.0. The van der Waals surface area contributed by atoms with E-state index in [4.69, 9.17) is 5.73 Å². The number of aromatic nitrogens is 2. The summed E-state index contributed by atoms with van der Waals surface area (Å²) in [5.74, 6) is 1.75. The van der Waals surface area contributed by atoms with Crippen LogP contribution in [-0.4, -0.2) is 9.97 Å². The Labute approximate surface area is 159 Å². The van der Waals surface area contributed by atoms with E-state index in [0.29, 0.717) is 23.6 Å². The van der Waals surface area contributed by atoms with Gasteiger partial charge >= 0.3 is 0 Å². The van der Waals surface area contributed by atoms with Crippen LogP contribution >= 0.6 is 0 Å². The largest absolute Gasteiger partial charge is 0.383 e. The van der Waals surface area contributed by atoms with Crippen LogP contribution in [0.4, 0.5) is 5.82 Å². The van der Waals surface area contributed by atoms with Gasteiger partial charge in [0.15, 0.2) is 0 Å². The Kier molecular flexibility index (Phi) is 6.10. The molecule has 0 amide bonds. The van der Waals surface area contributed by atoms with E-state index in [1.807, 2.05) is 0 Å². The zero-order valence-electron chi connectivity index (χ0n) is 17.7. The summed E-state index contributed by atoms with van der Waals surface area (Å²) in [7, 11) is 0. The number of benzene rings is 1. The zero-order valence-corrected chi connectivity index (χ0v) is 17.7. The summed E-state index contributed by atoms with van der Waals surface area (Å²) in [6.45, 7) is 18.0. The van der Waals surface area contributed by atoms with Crippen LogP contribution in [0.25, 0.3) is 0 Å². The third-order valence-electron chi connectivity index (χ3n) is 5.08. The smallest absolute Gasteiger partial charge is 0.130 e. The van der Waals surface area contributed by atoms with Gasteiger partial charge in [0.1, 0.15) is 12.1 Å². The lowest BCUT2D eigenvalue weighted by Crippen LogP contribution is -2.16. The van der Waals surface area contributed by atoms with Crippen molar-refractivity contribution in [1.82, 2.24) is 9.97 Å². The Balaban J connectivity index is 2.38. The third-order valence-corrected chi connectivity index (χ3v) is 5.08. The second-order valence-electron chi connectivity index (χ2n) is 9.14. The van der Waals surface area contributed by atoms with E-state index in [2.05, 4.69) is 83.6 Å². The van der Waals surface area contributed by atoms with Crippen LogP contribution in [0.1, 0.15) is 101 Å². The van der Waals surface area contributed by atoms with E-state index in [-0.39, 0.29) is 5.41 Å². The molecule has 1 aromatic carbocycles. The van der Waals surface area contributed by atoms with Crippen molar-refractivity contribution in [3.05, 3.63) is 52.5 Å². The molecule has 1 aromatic heterocycles. The van der Waals surface area contributed by atoms with Crippen LogP contribution < -0.4 is 5.73 Å². The maximum atomic E-state index is 6.13. The fraction of sp³-hybridized carbons (Fsp3) is 0.565. The molecular formula is C23H35N3. The number of nitrogens with zero attached hydrogens (tertiary/aromatic N) is 2. The van der Waals surface area contributed by atoms with Gasteiger partial charge < -0.3 is 5.73 Å². The van der Waals surface area contributed by atoms with Gasteiger partial charge in [0.2, 0.25) is 0 Å². The van der Waals surface area contributed by atoms with Crippen LogP contribution in [0.2, 0.25) is 0 Å². The second kappa shape index (κ2) is 7.77. The maximum absolute atomic E-state index is 6.13. The minimum atomic E-state index is 0.162. The lowest BCUT2D eigenvalue weighted by molar-refractivity contribution is 0.576. The number of hydrogen-bond donors (Lipinski definition) is 1. The monoisotopic (exact) mass is 353 g/mol. The highest BCUT2D eigenvalue weighted by Gasteiger charge is 2.22. The normalized spacial score (nSPS) is 13.5. The average Bonchev–Trinajstić information content (AvgIpc) is 2.52. The summed E-state index contributed by atoms with van der Waals surface area (Å²) >= 11 is 0. The van der Waals surface area contributed by atoms with Crippen molar-refractivity contribution in [1.29, 1.82) is 0 Å². The molecule has 0 saturated heterocycles. The summed E-state index contributed by atoms with van der Waals surface area (Å²) in [5, 5.41) is 0. The molecule has 1 heterocycles. The van der Waals surface area contributed by atoms with E-state index < -0.39 is 0 Å². The Morgan fingerprint density at radius 2 is 1.62 bits per heavy atom. The summed E-state index contributed by atoms with van der Waals surface area (Å²) in [4.78, 5) is 8.77. The van der Waals surface area contributed by atoms with Gasteiger partial charge in [-0.1, -0.05) is 73.6 Å². The number of anilines is 1. The average molecular weight is 354 g/mol. The van der Waals surface area contributed by atoms with Crippen molar-refractivity contribution in [3.63, 3.8) is 0 Å². The minimum absolute atomic E-state index is 0.162. The van der Waals surface area contributed by atoms with E-state index >= 15 is 0 Å². The van der Waals surface area contributed by atoms with Crippen molar-refractivity contribution in [3.8, 4) is 0 Å². The predicted octanol–water partition coefficient (Wildman–Crippen LogP) is 5.95. The molecule has 142 valence electrons. The molecule has 0 bridgehead atoms. The van der Waals surface area contributed by atoms with E-state index in [9.17, 15) is 0 Å². The first-order valence-corrected chi connectivity index (χ1v) is 9.75. The van der Waals surface area contributed by atoms with Crippen LogP contribution in [-0.2, 0) is 11.8 Å². The highest BCUT2D eigenvalue weighted by molar-refractivity contribution is 5.45. The summed E-state index contributed by atoms with van der Waals surface area (Å²) in [6, 6.07) is 6.99. The van der Waals surface area contributed by atoms with Gasteiger partial charge in [0.05, 0.1) is 5.69 Å². The van der Waals surface area contributed by atoms with Gasteiger partial charge in [-0.15, -0.1) is 0 Å². The summed E-state index contributed by atoms with van der Waals surface area (Å²) in [6.07, 6.45) is 2.55. The van der Waals surface area contributed by atoms with Gasteiger partial charge in [-0.05, 0) is 40.4 Å². The van der Waals surface area contributed by atoms with E-state index in [0.717, 1.165) is 17.7 Å². The third kappa shape index (κ3) is 4.44. The molecule has 1 atom stereocenters. The van der Waals surface area contributed by atoms with Gasteiger partial charge in [-0.2, -0.15) is 0 Å². The molecule has 0 aliphatic rings. The van der Waals surface area contributed by atoms with Crippen molar-refractivity contribution < 1.29 is 0 Å². The number of nitrogens with two attached hydrogens (primary N) is 1. The Hall–Kier alpha value is -1.90. The molecule has 0 aliphatic heterocycles. The molecule has 3 nitrogen and oxygen atoms in total. The number of nitrogen functional groups attached to an aromatic ring is 1. The zero-order chi connectivity index (χ0) is 19.6. The van der Waals surface area contributed by atoms with Crippen LogP contribution in [0, 0.1) is 0 Å². The molecule has 0 aliphatic carbocycles. The number of hydrogen-bond acceptors (Lipinski definition) is 3. The van der Waals surface area contributed by atoms with Crippen LogP contribution in [0.5, 0.6) is 0 Å². The topological polar surface area (TPSA) is 51.8 Å². The maximum Gasteiger partial charge on any atom is 0.130 e. The molecule has 0 spiro atoms. The van der Waals surface area contributed by atoms with Gasteiger partial charge in [-0.3, -0.25) is 0 Å². The standard InChI is InChI=1S/C23H35N3/c1-14(2)18-12-17(9-10-19(18)23(6,7)8)11-16(5)21-20(15(3)4)22(24)26-13-25-21/h9-10,12-16H,11H2,1-8H3,(H2,24,25,26). The van der Waals surface area contributed by atoms with E-state index in [1.165, 1.54) is 16.7 Å². The lowest BCUT2D eigenvalue weighted by Gasteiger charge is -2.26. The Bertz CT molecular complexity index is 755. The van der Waals surface area contributed by atoms with Crippen LogP contribution in [0.15, 0.2) is 24.5 Å². The minimum Gasteiger partial charge on any atom is -0.383 e. The molecule has 2 N–H and O–H groups in total. The Morgan fingerprint density at radius 3 is 2.15 bits per heavy atom. The van der Waals surface area contributed by atoms with Gasteiger partial charge in [-0.25, -0.2) is 9.97 Å². The van der Waals surface area contributed by atoms with Crippen molar-refractivity contribution in [2.75, 3.05) is 5.73 Å². The second-order valence-corrected chi connectivity index (χ2v) is 9.14. The molecule has 0 radical (unpaired) electrons. The fourth-order valence-electron chi connectivity index (χ4n) is 3.76.